The first-order chi connectivity index (χ1) is 12.9. The number of methoxy groups -OCH3 is 1. The first-order valence-corrected chi connectivity index (χ1v) is 8.63. The van der Waals surface area contributed by atoms with Crippen LogP contribution in [0.3, 0.4) is 0 Å². The van der Waals surface area contributed by atoms with Crippen LogP contribution in [0.5, 0.6) is 11.5 Å². The molecule has 0 saturated heterocycles. The Balaban J connectivity index is 1.78. The summed E-state index contributed by atoms with van der Waals surface area (Å²) in [6.45, 7) is 0.310. The van der Waals surface area contributed by atoms with Crippen LogP contribution in [0, 0.1) is 5.82 Å². The molecule has 0 bridgehead atoms. The Morgan fingerprint density at radius 2 is 2.00 bits per heavy atom. The monoisotopic (exact) mass is 396 g/mol. The molecule has 146 valence electrons. The number of nitrogens with one attached hydrogen (secondary N) is 1. The smallest absolute Gasteiger partial charge is 0.238 e. The molecule has 0 aromatic heterocycles. The summed E-state index contributed by atoms with van der Waals surface area (Å²) in [5, 5.41) is 13.3. The number of halogens is 2. The molecule has 1 atom stereocenters. The number of carbonyl (C=O) groups is 1. The Labute approximate surface area is 162 Å². The highest BCUT2D eigenvalue weighted by Gasteiger charge is 2.14. The molecule has 6 nitrogen and oxygen atoms in total. The number of nitrogens with zero attached hydrogens (tertiary/aromatic N) is 1. The maximum absolute atomic E-state index is 12.8. The molecule has 2 aromatic carbocycles. The van der Waals surface area contributed by atoms with Crippen LogP contribution in [0.2, 0.25) is 5.02 Å². The van der Waals surface area contributed by atoms with E-state index in [-0.39, 0.29) is 31.4 Å². The van der Waals surface area contributed by atoms with Crippen molar-refractivity contribution in [3.63, 3.8) is 0 Å². The first kappa shape index (κ1) is 21.0. The minimum Gasteiger partial charge on any atom is -0.495 e. The van der Waals surface area contributed by atoms with Gasteiger partial charge in [-0.3, -0.25) is 9.69 Å². The van der Waals surface area contributed by atoms with Gasteiger partial charge in [0.25, 0.3) is 0 Å². The first-order valence-electron chi connectivity index (χ1n) is 8.25. The van der Waals surface area contributed by atoms with Crippen LogP contribution in [0.4, 0.5) is 10.1 Å². The molecule has 0 aliphatic heterocycles. The SMILES string of the molecule is COc1ccc(Cl)cc1NC(=O)CN(C)CC(O)COc1ccc(F)cc1. The predicted octanol–water partition coefficient (Wildman–Crippen LogP) is 2.80. The fourth-order valence-corrected chi connectivity index (χ4v) is 2.59. The van der Waals surface area contributed by atoms with Gasteiger partial charge in [0.2, 0.25) is 5.91 Å². The lowest BCUT2D eigenvalue weighted by Crippen LogP contribution is -2.37. The van der Waals surface area contributed by atoms with Gasteiger partial charge in [0.15, 0.2) is 0 Å². The zero-order valence-electron chi connectivity index (χ0n) is 15.1. The molecule has 2 aromatic rings. The molecule has 27 heavy (non-hydrogen) atoms. The summed E-state index contributed by atoms with van der Waals surface area (Å²) in [6.07, 6.45) is -0.812. The summed E-state index contributed by atoms with van der Waals surface area (Å²) < 4.78 is 23.4. The average molecular weight is 397 g/mol. The van der Waals surface area contributed by atoms with E-state index in [0.717, 1.165) is 0 Å². The molecule has 0 radical (unpaired) electrons. The van der Waals surface area contributed by atoms with Gasteiger partial charge < -0.3 is 19.9 Å². The Hall–Kier alpha value is -2.35. The highest BCUT2D eigenvalue weighted by molar-refractivity contribution is 6.31. The van der Waals surface area contributed by atoms with Crippen LogP contribution in [0.1, 0.15) is 0 Å². The number of rotatable bonds is 9. The van der Waals surface area contributed by atoms with E-state index in [1.807, 2.05) is 0 Å². The van der Waals surface area contributed by atoms with Crippen molar-refractivity contribution in [1.29, 1.82) is 0 Å². The third-order valence-electron chi connectivity index (χ3n) is 3.63. The quantitative estimate of drug-likeness (QED) is 0.682. The van der Waals surface area contributed by atoms with Crippen molar-refractivity contribution in [2.45, 2.75) is 6.10 Å². The molecule has 1 amide bonds. The van der Waals surface area contributed by atoms with Crippen molar-refractivity contribution in [3.05, 3.63) is 53.3 Å². The van der Waals surface area contributed by atoms with Crippen molar-refractivity contribution in [3.8, 4) is 11.5 Å². The highest BCUT2D eigenvalue weighted by Crippen LogP contribution is 2.27. The molecule has 2 N–H and O–H groups in total. The van der Waals surface area contributed by atoms with Crippen LogP contribution in [0.15, 0.2) is 42.5 Å². The number of carbonyl (C=O) groups excluding carboxylic acids is 1. The number of amides is 1. The second-order valence-electron chi connectivity index (χ2n) is 6.01. The Bertz CT molecular complexity index is 758. The number of aliphatic hydroxyl groups is 1. The van der Waals surface area contributed by atoms with Crippen LogP contribution in [0.25, 0.3) is 0 Å². The summed E-state index contributed by atoms with van der Waals surface area (Å²) in [4.78, 5) is 13.9. The van der Waals surface area contributed by atoms with Gasteiger partial charge in [0.1, 0.15) is 30.0 Å². The van der Waals surface area contributed by atoms with Crippen molar-refractivity contribution >= 4 is 23.2 Å². The van der Waals surface area contributed by atoms with Crippen LogP contribution in [-0.4, -0.2) is 55.9 Å². The molecule has 8 heteroatoms. The number of likely N-dealkylation sites (N-methyl/N-ethyl adjacent to an activating group) is 1. The third kappa shape index (κ3) is 7.05. The lowest BCUT2D eigenvalue weighted by atomic mass is 10.3. The molecule has 0 aliphatic carbocycles. The van der Waals surface area contributed by atoms with Crippen LogP contribution >= 0.6 is 11.6 Å². The molecule has 1 unspecified atom stereocenters. The maximum atomic E-state index is 12.8. The Morgan fingerprint density at radius 3 is 2.67 bits per heavy atom. The second-order valence-corrected chi connectivity index (χ2v) is 6.44. The van der Waals surface area contributed by atoms with Gasteiger partial charge >= 0.3 is 0 Å². The fourth-order valence-electron chi connectivity index (χ4n) is 2.41. The zero-order valence-corrected chi connectivity index (χ0v) is 15.9. The lowest BCUT2D eigenvalue weighted by molar-refractivity contribution is -0.117. The van der Waals surface area contributed by atoms with Crippen molar-refractivity contribution < 1.29 is 23.8 Å². The predicted molar refractivity (Wildman–Crippen MR) is 102 cm³/mol. The Morgan fingerprint density at radius 1 is 1.30 bits per heavy atom. The van der Waals surface area contributed by atoms with Crippen molar-refractivity contribution in [1.82, 2.24) is 4.90 Å². The molecule has 2 rings (SSSR count). The number of aliphatic hydroxyl groups excluding tert-OH is 1. The second kappa shape index (κ2) is 10.1. The van der Waals surface area contributed by atoms with E-state index in [0.29, 0.717) is 22.2 Å². The number of hydrogen-bond donors (Lipinski definition) is 2. The largest absolute Gasteiger partial charge is 0.495 e. The zero-order chi connectivity index (χ0) is 19.8. The van der Waals surface area contributed by atoms with Crippen molar-refractivity contribution in [2.75, 3.05) is 39.2 Å². The van der Waals surface area contributed by atoms with Gasteiger partial charge in [-0.1, -0.05) is 11.6 Å². The Kier molecular flexibility index (Phi) is 7.84. The van der Waals surface area contributed by atoms with E-state index < -0.39 is 6.10 Å². The van der Waals surface area contributed by atoms with Gasteiger partial charge in [-0.15, -0.1) is 0 Å². The maximum Gasteiger partial charge on any atom is 0.238 e. The van der Waals surface area contributed by atoms with E-state index in [2.05, 4.69) is 5.32 Å². The van der Waals surface area contributed by atoms with Gasteiger partial charge in [0, 0.05) is 11.6 Å². The molecule has 0 spiro atoms. The lowest BCUT2D eigenvalue weighted by Gasteiger charge is -2.20. The summed E-state index contributed by atoms with van der Waals surface area (Å²) in [7, 11) is 3.21. The summed E-state index contributed by atoms with van der Waals surface area (Å²) in [6, 6.07) is 10.5. The molecule has 0 heterocycles. The fraction of sp³-hybridized carbons (Fsp3) is 0.316. The number of benzene rings is 2. The van der Waals surface area contributed by atoms with E-state index >= 15 is 0 Å². The molecular formula is C19H22ClFN2O4. The molecule has 0 aliphatic rings. The number of anilines is 1. The average Bonchev–Trinajstić information content (AvgIpc) is 2.61. The standard InChI is InChI=1S/C19H22ClFN2O4/c1-23(10-15(24)12-27-16-6-4-14(21)5-7-16)11-19(25)22-17-9-13(20)3-8-18(17)26-2/h3-9,15,24H,10-12H2,1-2H3,(H,22,25). The summed E-state index contributed by atoms with van der Waals surface area (Å²) in [5.74, 6) is 0.335. The van der Waals surface area contributed by atoms with E-state index in [1.165, 1.54) is 31.4 Å². The van der Waals surface area contributed by atoms with Gasteiger partial charge in [-0.05, 0) is 49.5 Å². The third-order valence-corrected chi connectivity index (χ3v) is 3.86. The van der Waals surface area contributed by atoms with Crippen LogP contribution < -0.4 is 14.8 Å². The van der Waals surface area contributed by atoms with E-state index in [4.69, 9.17) is 21.1 Å². The normalized spacial score (nSPS) is 11.9. The highest BCUT2D eigenvalue weighted by atomic mass is 35.5. The van der Waals surface area contributed by atoms with Crippen molar-refractivity contribution in [2.24, 2.45) is 0 Å². The van der Waals surface area contributed by atoms with E-state index in [9.17, 15) is 14.3 Å². The van der Waals surface area contributed by atoms with Gasteiger partial charge in [-0.2, -0.15) is 0 Å². The minimum absolute atomic E-state index is 0.0275. The number of ether oxygens (including phenoxy) is 2. The number of hydrogen-bond acceptors (Lipinski definition) is 5. The summed E-state index contributed by atoms with van der Waals surface area (Å²) >= 11 is 5.94. The summed E-state index contributed by atoms with van der Waals surface area (Å²) in [5.41, 5.74) is 0.476. The van der Waals surface area contributed by atoms with Gasteiger partial charge in [0.05, 0.1) is 19.3 Å². The topological polar surface area (TPSA) is 71.0 Å². The molecular weight excluding hydrogens is 375 g/mol. The van der Waals surface area contributed by atoms with E-state index in [1.54, 1.807) is 30.1 Å². The van der Waals surface area contributed by atoms with Gasteiger partial charge in [-0.25, -0.2) is 4.39 Å². The molecule has 0 fully saturated rings. The molecule has 0 saturated carbocycles. The minimum atomic E-state index is -0.812. The van der Waals surface area contributed by atoms with Crippen LogP contribution in [-0.2, 0) is 4.79 Å².